The number of anilines is 2. The molecule has 2 aliphatic rings. The minimum absolute atomic E-state index is 0.137. The van der Waals surface area contributed by atoms with Crippen LogP contribution in [0.25, 0.3) is 0 Å². The second-order valence-corrected chi connectivity index (χ2v) is 5.36. The summed E-state index contributed by atoms with van der Waals surface area (Å²) in [6.45, 7) is 3.75. The standard InChI is InChI=1S/C15H21N3O/c1-2-11-6-5-9-18(11)15(19)14-10-16-12-7-3-4-8-13(12)17-14/h3-4,7-8,11,14,16-17H,2,5-6,9-10H2,1H3. The van der Waals surface area contributed by atoms with E-state index < -0.39 is 0 Å². The second-order valence-electron chi connectivity index (χ2n) is 5.36. The number of hydrogen-bond donors (Lipinski definition) is 2. The normalized spacial score (nSPS) is 25.4. The van der Waals surface area contributed by atoms with Crippen molar-refractivity contribution in [3.05, 3.63) is 24.3 Å². The molecule has 4 nitrogen and oxygen atoms in total. The molecule has 4 heteroatoms. The van der Waals surface area contributed by atoms with Crippen LogP contribution in [-0.4, -0.2) is 36.0 Å². The zero-order valence-electron chi connectivity index (χ0n) is 11.4. The number of nitrogens with one attached hydrogen (secondary N) is 2. The number of hydrogen-bond acceptors (Lipinski definition) is 3. The van der Waals surface area contributed by atoms with Crippen molar-refractivity contribution in [2.45, 2.75) is 38.3 Å². The maximum Gasteiger partial charge on any atom is 0.247 e. The molecule has 102 valence electrons. The molecular formula is C15H21N3O. The fourth-order valence-corrected chi connectivity index (χ4v) is 3.11. The molecule has 0 saturated carbocycles. The van der Waals surface area contributed by atoms with Crippen LogP contribution in [-0.2, 0) is 4.79 Å². The molecule has 0 aromatic heterocycles. The van der Waals surface area contributed by atoms with Crippen LogP contribution >= 0.6 is 0 Å². The van der Waals surface area contributed by atoms with Crippen LogP contribution in [0.15, 0.2) is 24.3 Å². The van der Waals surface area contributed by atoms with Gasteiger partial charge in [0.05, 0.1) is 11.4 Å². The van der Waals surface area contributed by atoms with E-state index in [0.29, 0.717) is 12.6 Å². The number of carbonyl (C=O) groups is 1. The Balaban J connectivity index is 1.72. The average Bonchev–Trinajstić information content (AvgIpc) is 2.94. The van der Waals surface area contributed by atoms with Crippen molar-refractivity contribution in [3.8, 4) is 0 Å². The maximum atomic E-state index is 12.6. The van der Waals surface area contributed by atoms with E-state index in [0.717, 1.165) is 37.2 Å². The Labute approximate surface area is 114 Å². The van der Waals surface area contributed by atoms with Crippen LogP contribution in [0, 0.1) is 0 Å². The van der Waals surface area contributed by atoms with E-state index in [9.17, 15) is 4.79 Å². The van der Waals surface area contributed by atoms with Gasteiger partial charge in [-0.05, 0) is 31.4 Å². The van der Waals surface area contributed by atoms with Crippen molar-refractivity contribution in [2.24, 2.45) is 0 Å². The monoisotopic (exact) mass is 259 g/mol. The van der Waals surface area contributed by atoms with Crippen LogP contribution in [0.5, 0.6) is 0 Å². The molecule has 1 fully saturated rings. The van der Waals surface area contributed by atoms with Gasteiger partial charge in [0, 0.05) is 19.1 Å². The molecule has 0 aliphatic carbocycles. The summed E-state index contributed by atoms with van der Waals surface area (Å²) in [6, 6.07) is 8.35. The van der Waals surface area contributed by atoms with Crippen molar-refractivity contribution in [3.63, 3.8) is 0 Å². The van der Waals surface area contributed by atoms with Crippen molar-refractivity contribution in [1.29, 1.82) is 0 Å². The summed E-state index contributed by atoms with van der Waals surface area (Å²) in [5, 5.41) is 6.70. The van der Waals surface area contributed by atoms with Gasteiger partial charge in [-0.15, -0.1) is 0 Å². The van der Waals surface area contributed by atoms with E-state index in [1.165, 1.54) is 0 Å². The Morgan fingerprint density at radius 1 is 1.37 bits per heavy atom. The van der Waals surface area contributed by atoms with Crippen molar-refractivity contribution >= 4 is 17.3 Å². The van der Waals surface area contributed by atoms with E-state index in [1.54, 1.807) is 0 Å². The van der Waals surface area contributed by atoms with Crippen molar-refractivity contribution < 1.29 is 4.79 Å². The van der Waals surface area contributed by atoms with Crippen LogP contribution in [0.3, 0.4) is 0 Å². The lowest BCUT2D eigenvalue weighted by Crippen LogP contribution is -2.49. The predicted molar refractivity (Wildman–Crippen MR) is 77.4 cm³/mol. The first-order valence-corrected chi connectivity index (χ1v) is 7.19. The quantitative estimate of drug-likeness (QED) is 0.856. The summed E-state index contributed by atoms with van der Waals surface area (Å²) in [5.41, 5.74) is 2.11. The molecule has 1 aromatic rings. The second kappa shape index (κ2) is 5.11. The average molecular weight is 259 g/mol. The number of amides is 1. The lowest BCUT2D eigenvalue weighted by molar-refractivity contribution is -0.132. The van der Waals surface area contributed by atoms with Gasteiger partial charge in [-0.25, -0.2) is 0 Å². The highest BCUT2D eigenvalue weighted by Crippen LogP contribution is 2.27. The van der Waals surface area contributed by atoms with Crippen LogP contribution in [0.1, 0.15) is 26.2 Å². The van der Waals surface area contributed by atoms with Crippen LogP contribution in [0.2, 0.25) is 0 Å². The number of nitrogens with zero attached hydrogens (tertiary/aromatic N) is 1. The number of rotatable bonds is 2. The molecule has 0 spiro atoms. The van der Waals surface area contributed by atoms with Gasteiger partial charge in [-0.3, -0.25) is 4.79 Å². The molecule has 3 rings (SSSR count). The van der Waals surface area contributed by atoms with Gasteiger partial charge in [0.15, 0.2) is 0 Å². The Kier molecular flexibility index (Phi) is 3.32. The minimum Gasteiger partial charge on any atom is -0.381 e. The number of carbonyl (C=O) groups excluding carboxylic acids is 1. The summed E-state index contributed by atoms with van der Waals surface area (Å²) >= 11 is 0. The van der Waals surface area contributed by atoms with Crippen molar-refractivity contribution in [2.75, 3.05) is 23.7 Å². The molecule has 2 N–H and O–H groups in total. The third-order valence-electron chi connectivity index (χ3n) is 4.18. The number of fused-ring (bicyclic) bond motifs is 1. The van der Waals surface area contributed by atoms with Crippen LogP contribution in [0.4, 0.5) is 11.4 Å². The molecule has 1 aromatic carbocycles. The molecule has 19 heavy (non-hydrogen) atoms. The molecule has 0 bridgehead atoms. The van der Waals surface area contributed by atoms with Gasteiger partial charge in [0.2, 0.25) is 5.91 Å². The number of likely N-dealkylation sites (tertiary alicyclic amines) is 1. The summed E-state index contributed by atoms with van der Waals surface area (Å²) in [5.74, 6) is 0.242. The van der Waals surface area contributed by atoms with Gasteiger partial charge in [0.25, 0.3) is 0 Å². The Morgan fingerprint density at radius 3 is 2.95 bits per heavy atom. The summed E-state index contributed by atoms with van der Waals surface area (Å²) < 4.78 is 0. The van der Waals surface area contributed by atoms with Gasteiger partial charge < -0.3 is 15.5 Å². The third-order valence-corrected chi connectivity index (χ3v) is 4.18. The van der Waals surface area contributed by atoms with E-state index in [4.69, 9.17) is 0 Å². The molecule has 2 aliphatic heterocycles. The third kappa shape index (κ3) is 2.27. The van der Waals surface area contributed by atoms with E-state index in [1.807, 2.05) is 24.3 Å². The Bertz CT molecular complexity index is 474. The topological polar surface area (TPSA) is 44.4 Å². The first-order chi connectivity index (χ1) is 9.29. The zero-order chi connectivity index (χ0) is 13.2. The molecule has 2 atom stereocenters. The lowest BCUT2D eigenvalue weighted by Gasteiger charge is -2.32. The SMILES string of the molecule is CCC1CCCN1C(=O)C1CNc2ccccc2N1. The van der Waals surface area contributed by atoms with Crippen molar-refractivity contribution in [1.82, 2.24) is 4.90 Å². The zero-order valence-corrected chi connectivity index (χ0v) is 11.4. The van der Waals surface area contributed by atoms with Gasteiger partial charge in [-0.1, -0.05) is 19.1 Å². The van der Waals surface area contributed by atoms with Crippen LogP contribution < -0.4 is 10.6 Å². The summed E-state index contributed by atoms with van der Waals surface area (Å²) in [4.78, 5) is 14.7. The highest BCUT2D eigenvalue weighted by atomic mass is 16.2. The van der Waals surface area contributed by atoms with Gasteiger partial charge >= 0.3 is 0 Å². The smallest absolute Gasteiger partial charge is 0.247 e. The Hall–Kier alpha value is -1.71. The highest BCUT2D eigenvalue weighted by molar-refractivity contribution is 5.89. The molecule has 1 amide bonds. The number of benzene rings is 1. The van der Waals surface area contributed by atoms with E-state index >= 15 is 0 Å². The maximum absolute atomic E-state index is 12.6. The first kappa shape index (κ1) is 12.3. The lowest BCUT2D eigenvalue weighted by atomic mass is 10.1. The largest absolute Gasteiger partial charge is 0.381 e. The molecule has 1 saturated heterocycles. The molecule has 0 radical (unpaired) electrons. The van der Waals surface area contributed by atoms with E-state index in [2.05, 4.69) is 22.5 Å². The predicted octanol–water partition coefficient (Wildman–Crippen LogP) is 2.29. The fraction of sp³-hybridized carbons (Fsp3) is 0.533. The first-order valence-electron chi connectivity index (χ1n) is 7.19. The van der Waals surface area contributed by atoms with Gasteiger partial charge in [-0.2, -0.15) is 0 Å². The Morgan fingerprint density at radius 2 is 2.16 bits per heavy atom. The molecule has 2 heterocycles. The fourth-order valence-electron chi connectivity index (χ4n) is 3.11. The summed E-state index contributed by atoms with van der Waals surface area (Å²) in [6.07, 6.45) is 3.35. The highest BCUT2D eigenvalue weighted by Gasteiger charge is 2.33. The number of para-hydroxylation sites is 2. The summed E-state index contributed by atoms with van der Waals surface area (Å²) in [7, 11) is 0. The molecular weight excluding hydrogens is 238 g/mol. The van der Waals surface area contributed by atoms with Gasteiger partial charge in [0.1, 0.15) is 6.04 Å². The minimum atomic E-state index is -0.137. The van der Waals surface area contributed by atoms with E-state index in [-0.39, 0.29) is 11.9 Å². The molecule has 2 unspecified atom stereocenters.